The average Bonchev–Trinajstić information content (AvgIpc) is 2.88. The van der Waals surface area contributed by atoms with Gasteiger partial charge < -0.3 is 0 Å². The molecule has 218 valence electrons. The second kappa shape index (κ2) is 11.3. The van der Waals surface area contributed by atoms with E-state index in [0.29, 0.717) is 36.4 Å². The highest BCUT2D eigenvalue weighted by atomic mass is 19.4. The lowest BCUT2D eigenvalue weighted by Gasteiger charge is -2.18. The van der Waals surface area contributed by atoms with Crippen molar-refractivity contribution in [3.05, 3.63) is 105 Å². The first kappa shape index (κ1) is 31.8. The topological polar surface area (TPSA) is 47.6 Å². The van der Waals surface area contributed by atoms with Gasteiger partial charge in [0.05, 0.1) is 45.5 Å². The lowest BCUT2D eigenvalue weighted by molar-refractivity contribution is -0.141. The molecule has 0 unspecified atom stereocenters. The van der Waals surface area contributed by atoms with Crippen LogP contribution in [0.4, 0.5) is 52.7 Å². The van der Waals surface area contributed by atoms with Crippen LogP contribution in [0.3, 0.4) is 0 Å². The summed E-state index contributed by atoms with van der Waals surface area (Å²) in [4.78, 5) is 0. The number of nitriles is 2. The number of alkyl halides is 12. The molecule has 0 aliphatic carbocycles. The fourth-order valence-electron chi connectivity index (χ4n) is 3.71. The minimum absolute atomic E-state index is 0.0534. The van der Waals surface area contributed by atoms with Gasteiger partial charge in [-0.2, -0.15) is 63.2 Å². The predicted octanol–water partition coefficient (Wildman–Crippen LogP) is 9.89. The molecule has 0 saturated heterocycles. The molecule has 0 spiro atoms. The van der Waals surface area contributed by atoms with E-state index in [4.69, 9.17) is 0 Å². The molecule has 0 amide bonds. The normalized spacial score (nSPS) is 13.5. The Kier molecular flexibility index (Phi) is 8.54. The number of allylic oxidation sites excluding steroid dienone is 2. The summed E-state index contributed by atoms with van der Waals surface area (Å²) in [5, 5.41) is 18.9. The zero-order valence-electron chi connectivity index (χ0n) is 20.4. The summed E-state index contributed by atoms with van der Waals surface area (Å²) in [6, 6.07) is 8.18. The van der Waals surface area contributed by atoms with Crippen molar-refractivity contribution in [1.29, 1.82) is 10.5 Å². The van der Waals surface area contributed by atoms with Crippen molar-refractivity contribution in [2.75, 3.05) is 0 Å². The molecule has 0 aliphatic rings. The van der Waals surface area contributed by atoms with Gasteiger partial charge in [0.15, 0.2) is 0 Å². The summed E-state index contributed by atoms with van der Waals surface area (Å²) < 4.78 is 161. The fourth-order valence-corrected chi connectivity index (χ4v) is 3.71. The second-order valence-electron chi connectivity index (χ2n) is 8.51. The molecule has 0 bridgehead atoms. The number of rotatable bonds is 4. The monoisotopic (exact) mass is 604 g/mol. The van der Waals surface area contributed by atoms with Gasteiger partial charge in [-0.3, -0.25) is 0 Å². The third kappa shape index (κ3) is 7.32. The first-order valence-electron chi connectivity index (χ1n) is 11.2. The maximum absolute atomic E-state index is 14.0. The number of benzene rings is 3. The van der Waals surface area contributed by atoms with Crippen molar-refractivity contribution in [2.45, 2.75) is 24.7 Å². The molecule has 0 saturated carbocycles. The largest absolute Gasteiger partial charge is 0.417 e. The molecule has 0 heterocycles. The average molecular weight is 604 g/mol. The van der Waals surface area contributed by atoms with Crippen LogP contribution in [-0.2, 0) is 24.7 Å². The van der Waals surface area contributed by atoms with Crippen LogP contribution in [0.25, 0.3) is 23.3 Å². The number of nitrogens with zero attached hydrogens (tertiary/aromatic N) is 2. The molecule has 42 heavy (non-hydrogen) atoms. The van der Waals surface area contributed by atoms with E-state index in [-0.39, 0.29) is 23.3 Å². The van der Waals surface area contributed by atoms with Gasteiger partial charge in [-0.25, -0.2) is 0 Å². The van der Waals surface area contributed by atoms with Crippen LogP contribution >= 0.6 is 0 Å². The van der Waals surface area contributed by atoms with Crippen LogP contribution in [0.5, 0.6) is 0 Å². The van der Waals surface area contributed by atoms with Gasteiger partial charge in [0.2, 0.25) is 0 Å². The highest BCUT2D eigenvalue weighted by Gasteiger charge is 2.39. The molecule has 3 aromatic rings. The molecule has 0 N–H and O–H groups in total. The van der Waals surface area contributed by atoms with Gasteiger partial charge in [0.25, 0.3) is 0 Å². The molecule has 3 aromatic carbocycles. The lowest BCUT2D eigenvalue weighted by atomic mass is 9.92. The van der Waals surface area contributed by atoms with Crippen LogP contribution < -0.4 is 0 Å². The Balaban J connectivity index is 2.25. The Morgan fingerprint density at radius 1 is 0.476 bits per heavy atom. The van der Waals surface area contributed by atoms with E-state index in [1.54, 1.807) is 0 Å². The van der Waals surface area contributed by atoms with Crippen molar-refractivity contribution in [1.82, 2.24) is 0 Å². The van der Waals surface area contributed by atoms with Crippen LogP contribution in [0.15, 0.2) is 60.7 Å². The SMILES string of the molecule is N#C/C(=C\c1cc(C(F)(F)F)c(/C=C(\C#N)c2ccc(C(F)(F)F)cc2)cc1C(F)(F)F)c1ccc(C(F)(F)F)cc1. The van der Waals surface area contributed by atoms with Crippen molar-refractivity contribution < 1.29 is 52.7 Å². The third-order valence-corrected chi connectivity index (χ3v) is 5.72. The van der Waals surface area contributed by atoms with E-state index in [9.17, 15) is 63.2 Å². The maximum Gasteiger partial charge on any atom is 0.417 e. The molecule has 3 rings (SSSR count). The van der Waals surface area contributed by atoms with E-state index in [1.807, 2.05) is 0 Å². The Hall–Kier alpha value is -4.72. The predicted molar refractivity (Wildman–Crippen MR) is 126 cm³/mol. The molecule has 0 aliphatic heterocycles. The van der Waals surface area contributed by atoms with Gasteiger partial charge in [-0.05, 0) is 70.8 Å². The summed E-state index contributed by atoms with van der Waals surface area (Å²) in [5.41, 5.74) is -9.98. The van der Waals surface area contributed by atoms with E-state index in [0.717, 1.165) is 24.3 Å². The molecule has 0 aromatic heterocycles. The zero-order chi connectivity index (χ0) is 31.7. The highest BCUT2D eigenvalue weighted by molar-refractivity contribution is 5.93. The molecule has 14 heteroatoms. The minimum Gasteiger partial charge on any atom is -0.192 e. The maximum atomic E-state index is 14.0. The van der Waals surface area contributed by atoms with Gasteiger partial charge in [-0.15, -0.1) is 0 Å². The summed E-state index contributed by atoms with van der Waals surface area (Å²) in [6.45, 7) is 0. The number of hydrogen-bond acceptors (Lipinski definition) is 2. The molecular weight excluding hydrogens is 592 g/mol. The molecule has 0 radical (unpaired) electrons. The first-order chi connectivity index (χ1) is 19.3. The Morgan fingerprint density at radius 3 is 0.976 bits per heavy atom. The molecule has 2 nitrogen and oxygen atoms in total. The minimum atomic E-state index is -5.32. The summed E-state index contributed by atoms with van der Waals surface area (Å²) in [7, 11) is 0. The van der Waals surface area contributed by atoms with Crippen molar-refractivity contribution >= 4 is 23.3 Å². The van der Waals surface area contributed by atoms with Crippen LogP contribution in [0.1, 0.15) is 44.5 Å². The smallest absolute Gasteiger partial charge is 0.192 e. The molecule has 0 atom stereocenters. The van der Waals surface area contributed by atoms with Crippen LogP contribution in [-0.4, -0.2) is 0 Å². The van der Waals surface area contributed by atoms with Gasteiger partial charge in [-0.1, -0.05) is 24.3 Å². The Labute approximate surface area is 229 Å². The Bertz CT molecular complexity index is 1480. The lowest BCUT2D eigenvalue weighted by Crippen LogP contribution is -2.14. The summed E-state index contributed by atoms with van der Waals surface area (Å²) >= 11 is 0. The Morgan fingerprint density at radius 2 is 0.762 bits per heavy atom. The van der Waals surface area contributed by atoms with Gasteiger partial charge >= 0.3 is 24.7 Å². The van der Waals surface area contributed by atoms with E-state index >= 15 is 0 Å². The third-order valence-electron chi connectivity index (χ3n) is 5.72. The van der Waals surface area contributed by atoms with Crippen LogP contribution in [0, 0.1) is 22.7 Å². The van der Waals surface area contributed by atoms with Gasteiger partial charge in [0.1, 0.15) is 0 Å². The molecule has 0 fully saturated rings. The zero-order valence-corrected chi connectivity index (χ0v) is 20.4. The molecular formula is C28H12F12N2. The summed E-state index contributed by atoms with van der Waals surface area (Å²) in [6.07, 6.45) is -19.3. The van der Waals surface area contributed by atoms with Crippen molar-refractivity contribution in [3.63, 3.8) is 0 Å². The second-order valence-corrected chi connectivity index (χ2v) is 8.51. The number of halogens is 12. The number of hydrogen-bond donors (Lipinski definition) is 0. The van der Waals surface area contributed by atoms with Crippen LogP contribution in [0.2, 0.25) is 0 Å². The van der Waals surface area contributed by atoms with Crippen molar-refractivity contribution in [2.24, 2.45) is 0 Å². The fraction of sp³-hybridized carbons (Fsp3) is 0.143. The first-order valence-corrected chi connectivity index (χ1v) is 11.2. The van der Waals surface area contributed by atoms with Crippen molar-refractivity contribution in [3.8, 4) is 12.1 Å². The van der Waals surface area contributed by atoms with E-state index < -0.39 is 69.2 Å². The van der Waals surface area contributed by atoms with E-state index in [2.05, 4.69) is 0 Å². The van der Waals surface area contributed by atoms with Gasteiger partial charge in [0, 0.05) is 0 Å². The summed E-state index contributed by atoms with van der Waals surface area (Å²) in [5.74, 6) is 0. The quantitative estimate of drug-likeness (QED) is 0.169. The van der Waals surface area contributed by atoms with E-state index in [1.165, 1.54) is 12.1 Å². The highest BCUT2D eigenvalue weighted by Crippen LogP contribution is 2.41. The standard InChI is InChI=1S/C28H12F12N2/c29-25(30,31)21-5-1-15(2-6-21)19(13-41)9-17-11-24(28(38,39)40)18(12-23(17)27(35,36)37)10-20(14-42)16-3-7-22(8-4-16)26(32,33)34/h1-12H/b19-9+,20-10+.